The van der Waals surface area contributed by atoms with Crippen LogP contribution in [0.5, 0.6) is 5.75 Å². The van der Waals surface area contributed by atoms with Crippen LogP contribution in [0.25, 0.3) is 0 Å². The van der Waals surface area contributed by atoms with Gasteiger partial charge in [0.05, 0.1) is 11.5 Å². The van der Waals surface area contributed by atoms with Crippen LogP contribution >= 0.6 is 0 Å². The van der Waals surface area contributed by atoms with E-state index in [2.05, 4.69) is 11.3 Å². The van der Waals surface area contributed by atoms with E-state index in [1.807, 2.05) is 6.07 Å². The predicted octanol–water partition coefficient (Wildman–Crippen LogP) is 3.22. The van der Waals surface area contributed by atoms with Crippen molar-refractivity contribution in [3.8, 4) is 5.75 Å². The van der Waals surface area contributed by atoms with Gasteiger partial charge in [0.25, 0.3) is 0 Å². The summed E-state index contributed by atoms with van der Waals surface area (Å²) in [6, 6.07) is 5.40. The summed E-state index contributed by atoms with van der Waals surface area (Å²) in [7, 11) is 0. The largest absolute Gasteiger partial charge is 0.553 e. The molecule has 1 atom stereocenters. The summed E-state index contributed by atoms with van der Waals surface area (Å²) in [5.41, 5.74) is 2.55. The average molecular weight is 311 g/mol. The monoisotopic (exact) mass is 311 g/mol. The molecular formula is C18H22BNO3. The van der Waals surface area contributed by atoms with E-state index in [1.165, 1.54) is 37.8 Å². The molecule has 1 aliphatic carbocycles. The maximum Gasteiger partial charge on any atom is 0.409 e. The van der Waals surface area contributed by atoms with Gasteiger partial charge in [0, 0.05) is 5.70 Å². The molecule has 120 valence electrons. The number of fused-ring (bicyclic) bond motifs is 2. The molecule has 0 saturated heterocycles. The number of hydrogen-bond acceptors (Lipinski definition) is 3. The Labute approximate surface area is 137 Å². The first-order chi connectivity index (χ1) is 11.2. The predicted molar refractivity (Wildman–Crippen MR) is 89.7 cm³/mol. The molecule has 2 N–H and O–H groups in total. The van der Waals surface area contributed by atoms with E-state index in [4.69, 9.17) is 4.65 Å². The van der Waals surface area contributed by atoms with Crippen molar-refractivity contribution in [3.05, 3.63) is 41.0 Å². The van der Waals surface area contributed by atoms with Gasteiger partial charge in [0.1, 0.15) is 5.75 Å². The minimum absolute atomic E-state index is 0.0402. The summed E-state index contributed by atoms with van der Waals surface area (Å²) < 4.78 is 6.05. The van der Waals surface area contributed by atoms with E-state index >= 15 is 0 Å². The van der Waals surface area contributed by atoms with Crippen molar-refractivity contribution in [2.45, 2.75) is 50.9 Å². The summed E-state index contributed by atoms with van der Waals surface area (Å²) >= 11 is 0. The van der Waals surface area contributed by atoms with Gasteiger partial charge in [-0.1, -0.05) is 50.2 Å². The number of nitrogens with one attached hydrogen (secondary N) is 1. The van der Waals surface area contributed by atoms with E-state index in [0.717, 1.165) is 24.3 Å². The van der Waals surface area contributed by atoms with Gasteiger partial charge in [0.2, 0.25) is 0 Å². The maximum absolute atomic E-state index is 11.4. The Bertz CT molecular complexity index is 652. The van der Waals surface area contributed by atoms with Crippen molar-refractivity contribution in [3.63, 3.8) is 0 Å². The first kappa shape index (κ1) is 14.7. The van der Waals surface area contributed by atoms with Gasteiger partial charge in [-0.3, -0.25) is 0 Å². The number of benzene rings is 1. The van der Waals surface area contributed by atoms with Crippen molar-refractivity contribution in [2.75, 3.05) is 0 Å². The second-order valence-electron chi connectivity index (χ2n) is 7.04. The molecule has 0 radical (unpaired) electrons. The quantitative estimate of drug-likeness (QED) is 0.842. The Kier molecular flexibility index (Phi) is 3.79. The average Bonchev–Trinajstić information content (AvgIpc) is 2.93. The second kappa shape index (κ2) is 5.95. The minimum atomic E-state index is -0.919. The first-order valence-electron chi connectivity index (χ1n) is 8.70. The van der Waals surface area contributed by atoms with Crippen LogP contribution in [0.2, 0.25) is 0 Å². The van der Waals surface area contributed by atoms with Gasteiger partial charge in [-0.15, -0.1) is 0 Å². The first-order valence-corrected chi connectivity index (χ1v) is 8.70. The van der Waals surface area contributed by atoms with Gasteiger partial charge < -0.3 is 15.1 Å². The maximum atomic E-state index is 11.4. The standard InChI is InChI=1S/C18H22BNO3/c21-18(22)15-8-4-7-13-10-16-19(23-17(13)15)11-14(20-16)9-12-5-2-1-3-6-12/h4,7-8,11-12,16,20H,1-3,5-6,9-10H2,(H,21,22). The number of carboxylic acid groups (broad SMARTS) is 1. The van der Waals surface area contributed by atoms with Crippen LogP contribution in [0.4, 0.5) is 0 Å². The van der Waals surface area contributed by atoms with E-state index in [-0.39, 0.29) is 18.4 Å². The molecule has 5 heteroatoms. The molecule has 4 rings (SSSR count). The Morgan fingerprint density at radius 3 is 2.91 bits per heavy atom. The van der Waals surface area contributed by atoms with Crippen molar-refractivity contribution >= 4 is 12.9 Å². The molecule has 1 aromatic carbocycles. The highest BCUT2D eigenvalue weighted by Crippen LogP contribution is 2.35. The summed E-state index contributed by atoms with van der Waals surface area (Å²) in [6.07, 6.45) is 8.69. The van der Waals surface area contributed by atoms with Crippen LogP contribution in [0, 0.1) is 5.92 Å². The molecule has 0 aromatic heterocycles. The topological polar surface area (TPSA) is 58.6 Å². The van der Waals surface area contributed by atoms with Gasteiger partial charge in [-0.25, -0.2) is 4.79 Å². The van der Waals surface area contributed by atoms with Crippen LogP contribution in [-0.4, -0.2) is 23.9 Å². The van der Waals surface area contributed by atoms with Gasteiger partial charge in [0.15, 0.2) is 0 Å². The van der Waals surface area contributed by atoms with Crippen LogP contribution in [0.15, 0.2) is 29.9 Å². The highest BCUT2D eigenvalue weighted by Gasteiger charge is 2.40. The van der Waals surface area contributed by atoms with Crippen LogP contribution < -0.4 is 9.97 Å². The zero-order chi connectivity index (χ0) is 15.8. The Morgan fingerprint density at radius 1 is 1.30 bits per heavy atom. The van der Waals surface area contributed by atoms with Crippen LogP contribution in [0.3, 0.4) is 0 Å². The van der Waals surface area contributed by atoms with Gasteiger partial charge in [-0.05, 0) is 30.4 Å². The fourth-order valence-corrected chi connectivity index (χ4v) is 4.22. The summed E-state index contributed by atoms with van der Waals surface area (Å²) in [6.45, 7) is -0.0402. The number of carbonyl (C=O) groups is 1. The lowest BCUT2D eigenvalue weighted by Crippen LogP contribution is -2.44. The summed E-state index contributed by atoms with van der Waals surface area (Å²) in [4.78, 5) is 11.4. The van der Waals surface area contributed by atoms with Crippen molar-refractivity contribution in [2.24, 2.45) is 5.92 Å². The van der Waals surface area contributed by atoms with E-state index in [0.29, 0.717) is 5.75 Å². The number of aromatic carboxylic acids is 1. The molecule has 1 saturated carbocycles. The van der Waals surface area contributed by atoms with Gasteiger partial charge in [-0.2, -0.15) is 0 Å². The smallest absolute Gasteiger partial charge is 0.409 e. The summed E-state index contributed by atoms with van der Waals surface area (Å²) in [5, 5.41) is 13.0. The zero-order valence-corrected chi connectivity index (χ0v) is 13.3. The fraction of sp³-hybridized carbons (Fsp3) is 0.500. The second-order valence-corrected chi connectivity index (χ2v) is 7.04. The molecule has 0 bridgehead atoms. The molecule has 0 spiro atoms. The van der Waals surface area contributed by atoms with Crippen LogP contribution in [-0.2, 0) is 6.42 Å². The number of carboxylic acids is 1. The molecule has 3 aliphatic rings. The molecule has 1 unspecified atom stereocenters. The minimum Gasteiger partial charge on any atom is -0.553 e. The fourth-order valence-electron chi connectivity index (χ4n) is 4.22. The Hall–Kier alpha value is -1.91. The third-order valence-corrected chi connectivity index (χ3v) is 5.39. The molecule has 4 nitrogen and oxygen atoms in total. The molecule has 1 aromatic rings. The third-order valence-electron chi connectivity index (χ3n) is 5.39. The highest BCUT2D eigenvalue weighted by atomic mass is 16.4. The normalized spacial score (nSPS) is 23.4. The lowest BCUT2D eigenvalue weighted by Gasteiger charge is -2.28. The Morgan fingerprint density at radius 2 is 2.13 bits per heavy atom. The summed E-state index contributed by atoms with van der Waals surface area (Å²) in [5.74, 6) is 2.85. The Balaban J connectivity index is 1.50. The molecule has 2 heterocycles. The van der Waals surface area contributed by atoms with E-state index in [9.17, 15) is 9.90 Å². The van der Waals surface area contributed by atoms with Crippen LogP contribution in [0.1, 0.15) is 54.4 Å². The van der Waals surface area contributed by atoms with Gasteiger partial charge >= 0.3 is 12.9 Å². The molecule has 0 amide bonds. The van der Waals surface area contributed by atoms with E-state index in [1.54, 1.807) is 12.1 Å². The molecule has 23 heavy (non-hydrogen) atoms. The number of allylic oxidation sites excluding steroid dienone is 1. The number of rotatable bonds is 3. The lowest BCUT2D eigenvalue weighted by atomic mass is 9.58. The van der Waals surface area contributed by atoms with Crippen molar-refractivity contribution < 1.29 is 14.6 Å². The molecule has 2 aliphatic heterocycles. The van der Waals surface area contributed by atoms with E-state index < -0.39 is 5.97 Å². The third kappa shape index (κ3) is 2.84. The SMILES string of the molecule is O=C(O)c1cccc2c1OB1C=C(CC3CCCCC3)NC1C2. The number of para-hydroxylation sites is 1. The van der Waals surface area contributed by atoms with Crippen molar-refractivity contribution in [1.29, 1.82) is 0 Å². The number of hydrogen-bond donors (Lipinski definition) is 2. The lowest BCUT2D eigenvalue weighted by molar-refractivity contribution is 0.0694. The van der Waals surface area contributed by atoms with Crippen molar-refractivity contribution in [1.82, 2.24) is 5.32 Å². The molecular weight excluding hydrogens is 289 g/mol. The molecule has 1 fully saturated rings. The highest BCUT2D eigenvalue weighted by molar-refractivity contribution is 6.61. The zero-order valence-electron chi connectivity index (χ0n) is 13.3.